The molecule has 2 aromatic carbocycles. The van der Waals surface area contributed by atoms with E-state index in [0.29, 0.717) is 36.3 Å². The van der Waals surface area contributed by atoms with Gasteiger partial charge >= 0.3 is 6.09 Å². The maximum atomic E-state index is 14.1. The maximum absolute atomic E-state index is 14.1. The summed E-state index contributed by atoms with van der Waals surface area (Å²) in [5.41, 5.74) is 1.83. The minimum Gasteiger partial charge on any atom is -0.444 e. The highest BCUT2D eigenvalue weighted by Crippen LogP contribution is 2.33. The van der Waals surface area contributed by atoms with Crippen LogP contribution in [0.15, 0.2) is 79.1 Å². The first-order chi connectivity index (χ1) is 21.1. The van der Waals surface area contributed by atoms with Gasteiger partial charge in [-0.25, -0.2) is 4.79 Å². The zero-order valence-electron chi connectivity index (χ0n) is 25.5. The normalized spacial score (nSPS) is 15.5. The first-order valence-electron chi connectivity index (χ1n) is 15.0. The van der Waals surface area contributed by atoms with E-state index in [4.69, 9.17) is 4.74 Å². The number of benzene rings is 2. The molecule has 3 N–H and O–H groups in total. The molecule has 4 amide bonds. The minimum absolute atomic E-state index is 0.119. The molecular formula is C34H41N5O5. The standard InChI is InChI=1S/C34H41N5O5/c1-34(2,3)44-33(43)36-20-11-18-29(40)37-27-16-9-14-25(22-27)31(41)38-30(24-12-5-4-6-13-24)32(42)39-21-8-7-17-28(39)26-15-10-19-35-23-26/h4-6,9-10,12-16,19,22-23,28,30H,7-8,11,17-18,20-21H2,1-3H3,(H,36,43)(H,37,40)(H,38,41)/t28-,30+/m1/s1. The second-order valence-corrected chi connectivity index (χ2v) is 11.8. The summed E-state index contributed by atoms with van der Waals surface area (Å²) in [4.78, 5) is 58.0. The van der Waals surface area contributed by atoms with Crippen LogP contribution in [0.1, 0.15) is 86.4 Å². The maximum Gasteiger partial charge on any atom is 0.407 e. The highest BCUT2D eigenvalue weighted by atomic mass is 16.6. The van der Waals surface area contributed by atoms with Crippen molar-refractivity contribution in [3.05, 3.63) is 95.8 Å². The molecule has 4 rings (SSSR count). The average Bonchev–Trinajstić information content (AvgIpc) is 3.01. The number of aromatic nitrogens is 1. The summed E-state index contributed by atoms with van der Waals surface area (Å²) in [7, 11) is 0. The lowest BCUT2D eigenvalue weighted by Gasteiger charge is -2.38. The Labute approximate surface area is 258 Å². The fourth-order valence-electron chi connectivity index (χ4n) is 5.14. The molecule has 1 saturated heterocycles. The minimum atomic E-state index is -0.892. The second kappa shape index (κ2) is 15.1. The quantitative estimate of drug-likeness (QED) is 0.262. The van der Waals surface area contributed by atoms with Crippen molar-refractivity contribution < 1.29 is 23.9 Å². The molecule has 0 saturated carbocycles. The number of carbonyl (C=O) groups excluding carboxylic acids is 4. The number of nitrogens with one attached hydrogen (secondary N) is 3. The summed E-state index contributed by atoms with van der Waals surface area (Å²) in [5, 5.41) is 8.39. The number of hydrogen-bond donors (Lipinski definition) is 3. The Balaban J connectivity index is 1.41. The van der Waals surface area contributed by atoms with Gasteiger partial charge in [-0.15, -0.1) is 0 Å². The van der Waals surface area contributed by atoms with Gasteiger partial charge in [0, 0.05) is 43.2 Å². The van der Waals surface area contributed by atoms with Crippen LogP contribution < -0.4 is 16.0 Å². The van der Waals surface area contributed by atoms with Crippen molar-refractivity contribution in [1.82, 2.24) is 20.5 Å². The van der Waals surface area contributed by atoms with Gasteiger partial charge in [-0.1, -0.05) is 42.5 Å². The largest absolute Gasteiger partial charge is 0.444 e. The number of likely N-dealkylation sites (tertiary alicyclic amines) is 1. The third-order valence-electron chi connectivity index (χ3n) is 7.17. The molecule has 1 aliphatic heterocycles. The highest BCUT2D eigenvalue weighted by molar-refractivity contribution is 5.99. The molecule has 10 heteroatoms. The molecular weight excluding hydrogens is 558 g/mol. The highest BCUT2D eigenvalue weighted by Gasteiger charge is 2.34. The molecule has 2 heterocycles. The van der Waals surface area contributed by atoms with E-state index in [9.17, 15) is 19.2 Å². The molecule has 0 unspecified atom stereocenters. The summed E-state index contributed by atoms with van der Waals surface area (Å²) in [6.45, 7) is 6.22. The molecule has 1 fully saturated rings. The van der Waals surface area contributed by atoms with Crippen molar-refractivity contribution >= 4 is 29.5 Å². The van der Waals surface area contributed by atoms with Crippen LogP contribution in [0.25, 0.3) is 0 Å². The van der Waals surface area contributed by atoms with Crippen LogP contribution in [0.5, 0.6) is 0 Å². The fourth-order valence-corrected chi connectivity index (χ4v) is 5.14. The Bertz CT molecular complexity index is 1420. The number of carbonyl (C=O) groups is 4. The van der Waals surface area contributed by atoms with E-state index in [0.717, 1.165) is 24.8 Å². The number of pyridine rings is 1. The van der Waals surface area contributed by atoms with Gasteiger partial charge in [-0.2, -0.15) is 0 Å². The number of piperidine rings is 1. The number of ether oxygens (including phenoxy) is 1. The molecule has 44 heavy (non-hydrogen) atoms. The lowest BCUT2D eigenvalue weighted by molar-refractivity contribution is -0.137. The third kappa shape index (κ3) is 9.39. The average molecular weight is 600 g/mol. The Morgan fingerprint density at radius 3 is 2.52 bits per heavy atom. The summed E-state index contributed by atoms with van der Waals surface area (Å²) in [6, 6.07) is 18.7. The number of anilines is 1. The molecule has 1 aliphatic rings. The van der Waals surface area contributed by atoms with Crippen molar-refractivity contribution in [2.75, 3.05) is 18.4 Å². The van der Waals surface area contributed by atoms with Gasteiger partial charge in [0.15, 0.2) is 0 Å². The fraction of sp³-hybridized carbons (Fsp3) is 0.382. The number of amides is 4. The van der Waals surface area contributed by atoms with Crippen LogP contribution in [0.3, 0.4) is 0 Å². The number of nitrogens with zero attached hydrogens (tertiary/aromatic N) is 2. The van der Waals surface area contributed by atoms with E-state index in [1.807, 2.05) is 47.4 Å². The monoisotopic (exact) mass is 599 g/mol. The van der Waals surface area contributed by atoms with E-state index in [-0.39, 0.29) is 24.3 Å². The van der Waals surface area contributed by atoms with E-state index in [1.54, 1.807) is 57.4 Å². The first kappa shape index (κ1) is 32.2. The predicted molar refractivity (Wildman–Crippen MR) is 168 cm³/mol. The van der Waals surface area contributed by atoms with Crippen molar-refractivity contribution in [2.45, 2.75) is 70.6 Å². The van der Waals surface area contributed by atoms with Crippen molar-refractivity contribution in [3.8, 4) is 0 Å². The summed E-state index contributed by atoms with van der Waals surface area (Å²) in [5.74, 6) is -0.861. The van der Waals surface area contributed by atoms with Crippen molar-refractivity contribution in [2.24, 2.45) is 0 Å². The Kier molecular flexibility index (Phi) is 11.1. The Hall–Kier alpha value is -4.73. The van der Waals surface area contributed by atoms with Crippen LogP contribution in [0, 0.1) is 0 Å². The van der Waals surface area contributed by atoms with E-state index in [2.05, 4.69) is 20.9 Å². The van der Waals surface area contributed by atoms with E-state index >= 15 is 0 Å². The zero-order chi connectivity index (χ0) is 31.5. The van der Waals surface area contributed by atoms with Gasteiger partial charge in [0.25, 0.3) is 5.91 Å². The Morgan fingerprint density at radius 1 is 1.00 bits per heavy atom. The topological polar surface area (TPSA) is 130 Å². The second-order valence-electron chi connectivity index (χ2n) is 11.8. The summed E-state index contributed by atoms with van der Waals surface area (Å²) < 4.78 is 5.19. The molecule has 1 aromatic heterocycles. The molecule has 3 aromatic rings. The molecule has 0 bridgehead atoms. The molecule has 2 atom stereocenters. The van der Waals surface area contributed by atoms with Crippen LogP contribution in [-0.2, 0) is 14.3 Å². The Morgan fingerprint density at radius 2 is 1.80 bits per heavy atom. The van der Waals surface area contributed by atoms with Crippen LogP contribution in [0.2, 0.25) is 0 Å². The van der Waals surface area contributed by atoms with Gasteiger partial charge < -0.3 is 25.6 Å². The molecule has 10 nitrogen and oxygen atoms in total. The van der Waals surface area contributed by atoms with Crippen molar-refractivity contribution in [1.29, 1.82) is 0 Å². The van der Waals surface area contributed by atoms with Gasteiger partial charge in [0.2, 0.25) is 11.8 Å². The van der Waals surface area contributed by atoms with Crippen LogP contribution in [0.4, 0.5) is 10.5 Å². The van der Waals surface area contributed by atoms with Gasteiger partial charge in [0.1, 0.15) is 11.6 Å². The molecule has 232 valence electrons. The summed E-state index contributed by atoms with van der Waals surface area (Å²) >= 11 is 0. The number of alkyl carbamates (subject to hydrolysis) is 1. The molecule has 0 aliphatic carbocycles. The third-order valence-corrected chi connectivity index (χ3v) is 7.17. The van der Waals surface area contributed by atoms with Crippen LogP contribution >= 0.6 is 0 Å². The predicted octanol–water partition coefficient (Wildman–Crippen LogP) is 5.55. The number of rotatable bonds is 10. The lowest BCUT2D eigenvalue weighted by Crippen LogP contribution is -2.46. The smallest absolute Gasteiger partial charge is 0.407 e. The zero-order valence-corrected chi connectivity index (χ0v) is 25.5. The lowest BCUT2D eigenvalue weighted by atomic mass is 9.94. The van der Waals surface area contributed by atoms with E-state index in [1.165, 1.54) is 0 Å². The molecule has 0 spiro atoms. The van der Waals surface area contributed by atoms with Gasteiger partial charge in [-0.05, 0) is 81.8 Å². The van der Waals surface area contributed by atoms with Gasteiger partial charge in [-0.3, -0.25) is 19.4 Å². The van der Waals surface area contributed by atoms with Crippen molar-refractivity contribution in [3.63, 3.8) is 0 Å². The van der Waals surface area contributed by atoms with Gasteiger partial charge in [0.05, 0.1) is 6.04 Å². The van der Waals surface area contributed by atoms with Crippen LogP contribution in [-0.4, -0.2) is 52.4 Å². The molecule has 0 radical (unpaired) electrons. The SMILES string of the molecule is CC(C)(C)OC(=O)NCCCC(=O)Nc1cccc(C(=O)N[C@H](C(=O)N2CCCC[C@@H]2c2cccnc2)c2ccccc2)c1. The first-order valence-corrected chi connectivity index (χ1v) is 15.0. The number of hydrogen-bond acceptors (Lipinski definition) is 6. The summed E-state index contributed by atoms with van der Waals surface area (Å²) in [6.07, 6.45) is 6.28. The van der Waals surface area contributed by atoms with E-state index < -0.39 is 23.6 Å².